The minimum Gasteiger partial charge on any atom is -0.382 e. The molecule has 21 heavy (non-hydrogen) atoms. The predicted molar refractivity (Wildman–Crippen MR) is 84.6 cm³/mol. The fraction of sp³-hybridized carbons (Fsp3) is 0.667. The van der Waals surface area contributed by atoms with E-state index in [1.165, 1.54) is 16.2 Å². The minimum atomic E-state index is -3.02. The van der Waals surface area contributed by atoms with Gasteiger partial charge in [-0.1, -0.05) is 11.3 Å². The van der Waals surface area contributed by atoms with E-state index in [0.29, 0.717) is 16.4 Å². The van der Waals surface area contributed by atoms with Crippen LogP contribution in [0, 0.1) is 0 Å². The van der Waals surface area contributed by atoms with Crippen LogP contribution in [0.4, 0.5) is 10.9 Å². The van der Waals surface area contributed by atoms with Gasteiger partial charge >= 0.3 is 0 Å². The minimum absolute atomic E-state index is 0.0235. The molecule has 1 amide bonds. The van der Waals surface area contributed by atoms with Crippen LogP contribution in [0.1, 0.15) is 23.0 Å². The summed E-state index contributed by atoms with van der Waals surface area (Å²) in [6.07, 6.45) is 0.477. The molecule has 7 nitrogen and oxygen atoms in total. The number of anilines is 2. The van der Waals surface area contributed by atoms with Gasteiger partial charge in [-0.2, -0.15) is 0 Å². The second-order valence-electron chi connectivity index (χ2n) is 5.20. The number of carbonyl (C=O) groups excluding carboxylic acids is 1. The molecule has 1 aliphatic heterocycles. The molecule has 118 valence electrons. The van der Waals surface area contributed by atoms with Crippen molar-refractivity contribution in [2.75, 3.05) is 42.8 Å². The molecule has 2 rings (SSSR count). The summed E-state index contributed by atoms with van der Waals surface area (Å²) in [7, 11) is 0.472. The van der Waals surface area contributed by atoms with Crippen LogP contribution in [0.3, 0.4) is 0 Å². The number of sulfone groups is 1. The maximum absolute atomic E-state index is 12.5. The average Bonchev–Trinajstić information content (AvgIpc) is 2.99. The van der Waals surface area contributed by atoms with Gasteiger partial charge in [0.2, 0.25) is 0 Å². The summed E-state index contributed by atoms with van der Waals surface area (Å²) in [6.45, 7) is 2.74. The Labute approximate surface area is 128 Å². The highest BCUT2D eigenvalue weighted by Crippen LogP contribution is 2.29. The fourth-order valence-electron chi connectivity index (χ4n) is 2.18. The standard InChI is InChI=1S/C12H20N4O3S2/c1-4-15(2)12-14-10(13)9(20-12)11(17)16(3)8-5-6-21(18,19)7-8/h8H,4-7,13H2,1-3H3. The van der Waals surface area contributed by atoms with Crippen molar-refractivity contribution in [3.05, 3.63) is 4.88 Å². The first-order valence-corrected chi connectivity index (χ1v) is 9.34. The van der Waals surface area contributed by atoms with Gasteiger partial charge in [-0.15, -0.1) is 0 Å². The fourth-order valence-corrected chi connectivity index (χ4v) is 4.95. The van der Waals surface area contributed by atoms with Crippen molar-refractivity contribution in [1.29, 1.82) is 0 Å². The van der Waals surface area contributed by atoms with Crippen LogP contribution in [-0.2, 0) is 9.84 Å². The number of hydrogen-bond donors (Lipinski definition) is 1. The summed E-state index contributed by atoms with van der Waals surface area (Å²) in [6, 6.07) is -0.281. The Balaban J connectivity index is 2.18. The van der Waals surface area contributed by atoms with E-state index in [1.54, 1.807) is 7.05 Å². The normalized spacial score (nSPS) is 20.4. The van der Waals surface area contributed by atoms with Gasteiger partial charge in [-0.05, 0) is 13.3 Å². The lowest BCUT2D eigenvalue weighted by molar-refractivity contribution is 0.0753. The largest absolute Gasteiger partial charge is 0.382 e. The van der Waals surface area contributed by atoms with Crippen molar-refractivity contribution < 1.29 is 13.2 Å². The van der Waals surface area contributed by atoms with Gasteiger partial charge in [0.05, 0.1) is 11.5 Å². The van der Waals surface area contributed by atoms with Gasteiger partial charge in [-0.25, -0.2) is 13.4 Å². The summed E-state index contributed by atoms with van der Waals surface area (Å²) in [5.74, 6) is 0.100. The van der Waals surface area contributed by atoms with E-state index in [9.17, 15) is 13.2 Å². The predicted octanol–water partition coefficient (Wildman–Crippen LogP) is 0.440. The zero-order valence-corrected chi connectivity index (χ0v) is 14.0. The van der Waals surface area contributed by atoms with E-state index >= 15 is 0 Å². The molecule has 1 aliphatic rings. The van der Waals surface area contributed by atoms with Crippen LogP contribution in [0.25, 0.3) is 0 Å². The van der Waals surface area contributed by atoms with Crippen molar-refractivity contribution in [2.45, 2.75) is 19.4 Å². The van der Waals surface area contributed by atoms with E-state index in [1.807, 2.05) is 18.9 Å². The summed E-state index contributed by atoms with van der Waals surface area (Å²) < 4.78 is 23.0. The van der Waals surface area contributed by atoms with Gasteiger partial charge in [0.25, 0.3) is 5.91 Å². The van der Waals surface area contributed by atoms with Crippen LogP contribution in [0.2, 0.25) is 0 Å². The maximum atomic E-state index is 12.5. The number of nitrogen functional groups attached to an aromatic ring is 1. The monoisotopic (exact) mass is 332 g/mol. The van der Waals surface area contributed by atoms with Gasteiger partial charge in [0, 0.05) is 26.7 Å². The SMILES string of the molecule is CCN(C)c1nc(N)c(C(=O)N(C)C2CCS(=O)(=O)C2)s1. The van der Waals surface area contributed by atoms with Crippen molar-refractivity contribution in [3.63, 3.8) is 0 Å². The Bertz CT molecular complexity index is 641. The topological polar surface area (TPSA) is 96.6 Å². The Morgan fingerprint density at radius 2 is 2.14 bits per heavy atom. The molecule has 0 aliphatic carbocycles. The van der Waals surface area contributed by atoms with Crippen molar-refractivity contribution in [1.82, 2.24) is 9.88 Å². The molecule has 0 spiro atoms. The third-order valence-electron chi connectivity index (χ3n) is 3.71. The Morgan fingerprint density at radius 1 is 1.48 bits per heavy atom. The van der Waals surface area contributed by atoms with Gasteiger partial charge in [0.15, 0.2) is 15.0 Å². The highest BCUT2D eigenvalue weighted by Gasteiger charge is 2.34. The molecule has 9 heteroatoms. The highest BCUT2D eigenvalue weighted by atomic mass is 32.2. The van der Waals surface area contributed by atoms with E-state index in [0.717, 1.165) is 6.54 Å². The molecule has 2 N–H and O–H groups in total. The zero-order chi connectivity index (χ0) is 15.8. The van der Waals surface area contributed by atoms with Crippen molar-refractivity contribution in [2.24, 2.45) is 0 Å². The molecule has 1 saturated heterocycles. The summed E-state index contributed by atoms with van der Waals surface area (Å²) in [5.41, 5.74) is 5.83. The quantitative estimate of drug-likeness (QED) is 0.859. The second kappa shape index (κ2) is 5.80. The molecule has 2 heterocycles. The zero-order valence-electron chi connectivity index (χ0n) is 12.4. The molecule has 0 bridgehead atoms. The van der Waals surface area contributed by atoms with Crippen LogP contribution in [-0.4, -0.2) is 62.4 Å². The Hall–Kier alpha value is -1.35. The number of carbonyl (C=O) groups is 1. The number of amides is 1. The Kier molecular flexibility index (Phi) is 4.43. The van der Waals surface area contributed by atoms with E-state index in [-0.39, 0.29) is 29.3 Å². The molecule has 1 unspecified atom stereocenters. The highest BCUT2D eigenvalue weighted by molar-refractivity contribution is 7.91. The van der Waals surface area contributed by atoms with Gasteiger partial charge < -0.3 is 15.5 Å². The molecule has 1 atom stereocenters. The number of aromatic nitrogens is 1. The van der Waals surface area contributed by atoms with E-state index in [4.69, 9.17) is 5.73 Å². The van der Waals surface area contributed by atoms with Crippen LogP contribution >= 0.6 is 11.3 Å². The Morgan fingerprint density at radius 3 is 2.67 bits per heavy atom. The van der Waals surface area contributed by atoms with Crippen molar-refractivity contribution in [3.8, 4) is 0 Å². The molecular weight excluding hydrogens is 312 g/mol. The van der Waals surface area contributed by atoms with E-state index in [2.05, 4.69) is 4.98 Å². The molecule has 1 aromatic heterocycles. The van der Waals surface area contributed by atoms with Crippen LogP contribution in [0.15, 0.2) is 0 Å². The summed E-state index contributed by atoms with van der Waals surface area (Å²) >= 11 is 1.24. The maximum Gasteiger partial charge on any atom is 0.267 e. The molecule has 0 saturated carbocycles. The number of nitrogens with two attached hydrogens (primary N) is 1. The number of rotatable bonds is 4. The number of nitrogens with zero attached hydrogens (tertiary/aromatic N) is 3. The lowest BCUT2D eigenvalue weighted by Gasteiger charge is -2.22. The molecule has 0 radical (unpaired) electrons. The first-order chi connectivity index (χ1) is 9.75. The summed E-state index contributed by atoms with van der Waals surface area (Å²) in [4.78, 5) is 20.4. The lowest BCUT2D eigenvalue weighted by atomic mass is 10.2. The number of hydrogen-bond acceptors (Lipinski definition) is 7. The molecule has 1 aromatic rings. The van der Waals surface area contributed by atoms with E-state index < -0.39 is 9.84 Å². The van der Waals surface area contributed by atoms with Crippen molar-refractivity contribution >= 4 is 38.0 Å². The summed E-state index contributed by atoms with van der Waals surface area (Å²) in [5, 5.41) is 0.686. The van der Waals surface area contributed by atoms with Crippen LogP contribution in [0.5, 0.6) is 0 Å². The lowest BCUT2D eigenvalue weighted by Crippen LogP contribution is -2.37. The molecular formula is C12H20N4O3S2. The molecule has 0 aromatic carbocycles. The number of thiazole rings is 1. The third-order valence-corrected chi connectivity index (χ3v) is 6.64. The second-order valence-corrected chi connectivity index (χ2v) is 8.40. The smallest absolute Gasteiger partial charge is 0.267 e. The molecule has 1 fully saturated rings. The first-order valence-electron chi connectivity index (χ1n) is 6.70. The van der Waals surface area contributed by atoms with Gasteiger partial charge in [-0.3, -0.25) is 4.79 Å². The third kappa shape index (κ3) is 3.29. The first kappa shape index (κ1) is 16.0. The van der Waals surface area contributed by atoms with Gasteiger partial charge in [0.1, 0.15) is 10.7 Å². The average molecular weight is 332 g/mol. The van der Waals surface area contributed by atoms with Crippen LogP contribution < -0.4 is 10.6 Å².